The Kier molecular flexibility index (Phi) is 5.75. The lowest BCUT2D eigenvalue weighted by Gasteiger charge is -2.59. The monoisotopic (exact) mass is 562 g/mol. The van der Waals surface area contributed by atoms with Crippen molar-refractivity contribution in [3.05, 3.63) is 51.6 Å². The van der Waals surface area contributed by atoms with E-state index >= 15 is 0 Å². The van der Waals surface area contributed by atoms with Gasteiger partial charge in [0.1, 0.15) is 34.5 Å². The number of ketones is 2. The lowest BCUT2D eigenvalue weighted by molar-refractivity contribution is -0.190. The van der Waals surface area contributed by atoms with Crippen LogP contribution in [0.4, 0.5) is 0 Å². The van der Waals surface area contributed by atoms with Crippen LogP contribution in [-0.4, -0.2) is 52.3 Å². The van der Waals surface area contributed by atoms with E-state index in [2.05, 4.69) is 13.8 Å². The van der Waals surface area contributed by atoms with Crippen LogP contribution in [0.1, 0.15) is 96.6 Å². The molecule has 1 aromatic rings. The molecule has 6 aliphatic rings. The normalized spacial score (nSPS) is 34.6. The van der Waals surface area contributed by atoms with Gasteiger partial charge in [-0.05, 0) is 67.4 Å². The zero-order valence-electron chi connectivity index (χ0n) is 25.9. The second-order valence-corrected chi connectivity index (χ2v) is 14.1. The summed E-state index contributed by atoms with van der Waals surface area (Å²) in [5.41, 5.74) is -1.60. The number of benzene rings is 1. The SMILES string of the molecule is CO[C@]12C=C3C(=O)c4c(O)c(CC=C(C)C)c5c(c4O[C@]34[C@@H](C1)C(C)(C)O[C@]4(CC=C(C)C)C2=O)C(C)(C)[C@@H](C)O5. The van der Waals surface area contributed by atoms with E-state index in [1.807, 2.05) is 60.6 Å². The summed E-state index contributed by atoms with van der Waals surface area (Å²) in [6.07, 6.45) is 6.41. The molecule has 7 heteroatoms. The molecule has 3 heterocycles. The molecule has 5 atom stereocenters. The van der Waals surface area contributed by atoms with E-state index in [0.29, 0.717) is 35.5 Å². The van der Waals surface area contributed by atoms with Crippen molar-refractivity contribution in [2.45, 2.75) is 115 Å². The topological polar surface area (TPSA) is 91.3 Å². The van der Waals surface area contributed by atoms with Crippen molar-refractivity contribution in [1.82, 2.24) is 0 Å². The molecule has 1 saturated heterocycles. The van der Waals surface area contributed by atoms with Crippen LogP contribution in [0.25, 0.3) is 0 Å². The van der Waals surface area contributed by atoms with E-state index in [9.17, 15) is 14.7 Å². The van der Waals surface area contributed by atoms with Crippen LogP contribution >= 0.6 is 0 Å². The number of fused-ring (bicyclic) bond motifs is 3. The molecule has 0 aromatic heterocycles. The van der Waals surface area contributed by atoms with Crippen molar-refractivity contribution in [3.8, 4) is 17.2 Å². The Labute approximate surface area is 242 Å². The van der Waals surface area contributed by atoms with Crippen molar-refractivity contribution >= 4 is 11.6 Å². The molecule has 41 heavy (non-hydrogen) atoms. The van der Waals surface area contributed by atoms with Gasteiger partial charge in [-0.3, -0.25) is 9.59 Å². The Morgan fingerprint density at radius 3 is 2.34 bits per heavy atom. The Balaban J connectivity index is 1.71. The summed E-state index contributed by atoms with van der Waals surface area (Å²) in [6, 6.07) is 0. The molecule has 1 N–H and O–H groups in total. The van der Waals surface area contributed by atoms with Gasteiger partial charge in [0.25, 0.3) is 0 Å². The molecule has 0 unspecified atom stereocenters. The Bertz CT molecular complexity index is 1500. The number of phenols is 1. The first kappa shape index (κ1) is 28.2. The lowest BCUT2D eigenvalue weighted by atomic mass is 9.49. The molecule has 220 valence electrons. The Hall–Kier alpha value is -2.90. The van der Waals surface area contributed by atoms with Gasteiger partial charge in [0.15, 0.2) is 17.0 Å². The van der Waals surface area contributed by atoms with Crippen LogP contribution in [0.15, 0.2) is 34.9 Å². The first-order valence-corrected chi connectivity index (χ1v) is 14.6. The second kappa shape index (κ2) is 8.35. The Morgan fingerprint density at radius 2 is 1.73 bits per heavy atom. The summed E-state index contributed by atoms with van der Waals surface area (Å²) in [4.78, 5) is 29.4. The fourth-order valence-electron chi connectivity index (χ4n) is 7.98. The summed E-state index contributed by atoms with van der Waals surface area (Å²) in [6.45, 7) is 18.0. The molecule has 3 aliphatic heterocycles. The molecule has 1 aromatic carbocycles. The molecule has 7 nitrogen and oxygen atoms in total. The smallest absolute Gasteiger partial charge is 0.205 e. The van der Waals surface area contributed by atoms with Crippen LogP contribution in [0.3, 0.4) is 0 Å². The number of methoxy groups -OCH3 is 1. The van der Waals surface area contributed by atoms with Crippen molar-refractivity contribution in [1.29, 1.82) is 0 Å². The zero-order chi connectivity index (χ0) is 30.1. The molecular weight excluding hydrogens is 520 g/mol. The molecule has 4 bridgehead atoms. The van der Waals surface area contributed by atoms with Gasteiger partial charge in [0.05, 0.1) is 5.60 Å². The van der Waals surface area contributed by atoms with E-state index in [-0.39, 0.29) is 41.3 Å². The maximum atomic E-state index is 14.8. The lowest BCUT2D eigenvalue weighted by Crippen LogP contribution is -2.77. The van der Waals surface area contributed by atoms with Crippen molar-refractivity contribution in [3.63, 3.8) is 0 Å². The van der Waals surface area contributed by atoms with Crippen LogP contribution < -0.4 is 9.47 Å². The van der Waals surface area contributed by atoms with E-state index in [0.717, 1.165) is 16.7 Å². The molecule has 3 aliphatic carbocycles. The number of ether oxygens (including phenoxy) is 4. The molecular formula is C34H42O7. The number of aromatic hydroxyl groups is 1. The standard InChI is InChI=1S/C34H42O7/c1-17(2)11-12-20-25(35)23-26(36)21-15-32(38-10)16-22-31(8,9)41-33(29(32)37,14-13-18(3)4)34(21,22)40-28(23)24-27(20)39-19(5)30(24,6)7/h11,13,15,19,22,35H,12,14,16H2,1-10H3/t19-,22+,32-,33-,34+/m1/s1. The Morgan fingerprint density at radius 1 is 1.07 bits per heavy atom. The number of hydrogen-bond acceptors (Lipinski definition) is 7. The third kappa shape index (κ3) is 3.22. The average molecular weight is 563 g/mol. The number of phenolic OH excluding ortho intramolecular Hbond substituents is 1. The van der Waals surface area contributed by atoms with Gasteiger partial charge in [-0.1, -0.05) is 37.1 Å². The molecule has 0 amide bonds. The molecule has 1 spiro atoms. The van der Waals surface area contributed by atoms with Crippen LogP contribution in [-0.2, 0) is 26.1 Å². The van der Waals surface area contributed by atoms with Gasteiger partial charge >= 0.3 is 0 Å². The van der Waals surface area contributed by atoms with Crippen LogP contribution in [0, 0.1) is 5.92 Å². The third-order valence-corrected chi connectivity index (χ3v) is 10.4. The maximum absolute atomic E-state index is 14.8. The fraction of sp³-hybridized carbons (Fsp3) is 0.588. The fourth-order valence-corrected chi connectivity index (χ4v) is 7.98. The minimum absolute atomic E-state index is 0.129. The zero-order valence-corrected chi connectivity index (χ0v) is 25.9. The molecule has 7 rings (SSSR count). The van der Waals surface area contributed by atoms with Crippen molar-refractivity contribution < 1.29 is 33.6 Å². The molecule has 1 saturated carbocycles. The second-order valence-electron chi connectivity index (χ2n) is 14.1. The summed E-state index contributed by atoms with van der Waals surface area (Å²) in [5, 5.41) is 11.8. The first-order valence-electron chi connectivity index (χ1n) is 14.6. The number of carbonyl (C=O) groups excluding carboxylic acids is 2. The highest BCUT2D eigenvalue weighted by atomic mass is 16.6. The maximum Gasteiger partial charge on any atom is 0.205 e. The van der Waals surface area contributed by atoms with E-state index < -0.39 is 27.8 Å². The number of allylic oxidation sites excluding steroid dienone is 3. The van der Waals surface area contributed by atoms with Crippen molar-refractivity contribution in [2.24, 2.45) is 5.92 Å². The van der Waals surface area contributed by atoms with E-state index in [4.69, 9.17) is 18.9 Å². The van der Waals surface area contributed by atoms with Gasteiger partial charge < -0.3 is 24.1 Å². The highest BCUT2D eigenvalue weighted by Gasteiger charge is 2.84. The highest BCUT2D eigenvalue weighted by Crippen LogP contribution is 2.70. The first-order chi connectivity index (χ1) is 19.0. The van der Waals surface area contributed by atoms with Crippen molar-refractivity contribution in [2.75, 3.05) is 7.11 Å². The van der Waals surface area contributed by atoms with Gasteiger partial charge in [-0.25, -0.2) is 0 Å². The van der Waals surface area contributed by atoms with Crippen LogP contribution in [0.5, 0.6) is 17.2 Å². The third-order valence-electron chi connectivity index (χ3n) is 10.4. The van der Waals surface area contributed by atoms with Crippen LogP contribution in [0.2, 0.25) is 0 Å². The largest absolute Gasteiger partial charge is 0.507 e. The highest BCUT2D eigenvalue weighted by molar-refractivity contribution is 6.20. The van der Waals surface area contributed by atoms with Gasteiger partial charge in [-0.2, -0.15) is 0 Å². The molecule has 2 fully saturated rings. The predicted octanol–water partition coefficient (Wildman–Crippen LogP) is 6.09. The number of hydrogen-bond donors (Lipinski definition) is 1. The summed E-state index contributed by atoms with van der Waals surface area (Å²) in [7, 11) is 1.51. The average Bonchev–Trinajstić information content (AvgIpc) is 3.21. The number of Topliss-reactive ketones (excluding diaryl/α,β-unsaturated/α-hetero) is 2. The summed E-state index contributed by atoms with van der Waals surface area (Å²) < 4.78 is 26.4. The molecule has 0 radical (unpaired) electrons. The summed E-state index contributed by atoms with van der Waals surface area (Å²) in [5.74, 6) is -0.197. The quantitative estimate of drug-likeness (QED) is 0.434. The minimum atomic E-state index is -1.48. The van der Waals surface area contributed by atoms with E-state index in [1.165, 1.54) is 7.11 Å². The van der Waals surface area contributed by atoms with Gasteiger partial charge in [0.2, 0.25) is 5.78 Å². The number of rotatable bonds is 5. The number of carbonyl (C=O) groups is 2. The van der Waals surface area contributed by atoms with Gasteiger partial charge in [0, 0.05) is 41.6 Å². The minimum Gasteiger partial charge on any atom is -0.507 e. The summed E-state index contributed by atoms with van der Waals surface area (Å²) >= 11 is 0. The van der Waals surface area contributed by atoms with Gasteiger partial charge in [-0.15, -0.1) is 0 Å². The van der Waals surface area contributed by atoms with E-state index in [1.54, 1.807) is 6.08 Å². The predicted molar refractivity (Wildman–Crippen MR) is 155 cm³/mol.